The number of aliphatic hydroxyl groups is 1. The molecule has 1 aromatic rings. The van der Waals surface area contributed by atoms with Crippen LogP contribution in [0.3, 0.4) is 0 Å². The van der Waals surface area contributed by atoms with Crippen LogP contribution in [-0.4, -0.2) is 35.6 Å². The Labute approximate surface area is 130 Å². The summed E-state index contributed by atoms with van der Waals surface area (Å²) in [5.74, 6) is 7.54. The van der Waals surface area contributed by atoms with Crippen molar-refractivity contribution in [2.45, 2.75) is 32.1 Å². The van der Waals surface area contributed by atoms with E-state index in [-0.39, 0.29) is 12.5 Å². The summed E-state index contributed by atoms with van der Waals surface area (Å²) in [4.78, 5) is 15.6. The number of thiophene rings is 1. The van der Waals surface area contributed by atoms with E-state index in [2.05, 4.69) is 16.7 Å². The van der Waals surface area contributed by atoms with Crippen LogP contribution in [0, 0.1) is 23.7 Å². The molecule has 0 aliphatic heterocycles. The van der Waals surface area contributed by atoms with Crippen LogP contribution in [0.1, 0.15) is 47.3 Å². The summed E-state index contributed by atoms with van der Waals surface area (Å²) in [7, 11) is 0. The lowest BCUT2D eigenvalue weighted by Gasteiger charge is -2.22. The van der Waals surface area contributed by atoms with Gasteiger partial charge >= 0.3 is 0 Å². The highest BCUT2D eigenvalue weighted by molar-refractivity contribution is 7.10. The largest absolute Gasteiger partial charge is 0.395 e. The van der Waals surface area contributed by atoms with Gasteiger partial charge in [0.25, 0.3) is 5.91 Å². The molecule has 0 bridgehead atoms. The summed E-state index contributed by atoms with van der Waals surface area (Å²) in [6.07, 6.45) is 5.58. The summed E-state index contributed by atoms with van der Waals surface area (Å²) in [6, 6.07) is 1.89. The van der Waals surface area contributed by atoms with Gasteiger partial charge in [0.2, 0.25) is 0 Å². The molecule has 1 heterocycles. The molecule has 2 saturated carbocycles. The zero-order chi connectivity index (χ0) is 14.7. The summed E-state index contributed by atoms with van der Waals surface area (Å²) < 4.78 is 0. The standard InChI is InChI=1S/C17H21NO2S/c19-8-2-1-3-16-9-15(12-21-16)17(20)18(10-13-4-5-13)11-14-6-7-14/h9,12-14,19H,2,4-8,10-11H2. The van der Waals surface area contributed by atoms with E-state index in [9.17, 15) is 4.79 Å². The molecule has 1 aromatic heterocycles. The Hall–Kier alpha value is -1.31. The maximum atomic E-state index is 12.7. The molecule has 1 amide bonds. The van der Waals surface area contributed by atoms with E-state index < -0.39 is 0 Å². The van der Waals surface area contributed by atoms with Crippen molar-refractivity contribution in [3.05, 3.63) is 21.9 Å². The number of carbonyl (C=O) groups is 1. The van der Waals surface area contributed by atoms with Gasteiger partial charge in [-0.15, -0.1) is 11.3 Å². The van der Waals surface area contributed by atoms with Gasteiger partial charge in [-0.05, 0) is 43.6 Å². The van der Waals surface area contributed by atoms with E-state index in [1.54, 1.807) is 0 Å². The number of aliphatic hydroxyl groups excluding tert-OH is 1. The summed E-state index contributed by atoms with van der Waals surface area (Å²) in [5, 5.41) is 10.6. The number of carbonyl (C=O) groups excluding carboxylic acids is 1. The molecule has 0 atom stereocenters. The first-order chi connectivity index (χ1) is 10.3. The van der Waals surface area contributed by atoms with Crippen LogP contribution in [0.25, 0.3) is 0 Å². The lowest BCUT2D eigenvalue weighted by Crippen LogP contribution is -2.34. The van der Waals surface area contributed by atoms with Crippen LogP contribution in [0.2, 0.25) is 0 Å². The number of hydrogen-bond acceptors (Lipinski definition) is 3. The molecule has 4 heteroatoms. The van der Waals surface area contributed by atoms with Crippen molar-refractivity contribution < 1.29 is 9.90 Å². The highest BCUT2D eigenvalue weighted by Crippen LogP contribution is 2.34. The summed E-state index contributed by atoms with van der Waals surface area (Å²) >= 11 is 1.51. The molecule has 1 N–H and O–H groups in total. The van der Waals surface area contributed by atoms with Gasteiger partial charge in [0.1, 0.15) is 0 Å². The number of hydrogen-bond donors (Lipinski definition) is 1. The minimum absolute atomic E-state index is 0.0840. The van der Waals surface area contributed by atoms with Gasteiger partial charge in [-0.2, -0.15) is 0 Å². The fraction of sp³-hybridized carbons (Fsp3) is 0.588. The van der Waals surface area contributed by atoms with Crippen molar-refractivity contribution in [2.24, 2.45) is 11.8 Å². The Morgan fingerprint density at radius 3 is 2.52 bits per heavy atom. The van der Waals surface area contributed by atoms with E-state index >= 15 is 0 Å². The molecule has 3 nitrogen and oxygen atoms in total. The van der Waals surface area contributed by atoms with E-state index in [4.69, 9.17) is 5.11 Å². The van der Waals surface area contributed by atoms with E-state index in [1.165, 1.54) is 37.0 Å². The SMILES string of the molecule is O=C(c1csc(C#CCCO)c1)N(CC1CC1)CC1CC1. The van der Waals surface area contributed by atoms with Crippen LogP contribution < -0.4 is 0 Å². The second-order valence-corrected chi connectivity index (χ2v) is 6.98. The van der Waals surface area contributed by atoms with Crippen LogP contribution >= 0.6 is 11.3 Å². The van der Waals surface area contributed by atoms with E-state index in [0.29, 0.717) is 6.42 Å². The topological polar surface area (TPSA) is 40.5 Å². The lowest BCUT2D eigenvalue weighted by atomic mass is 10.2. The van der Waals surface area contributed by atoms with Gasteiger partial charge < -0.3 is 10.0 Å². The van der Waals surface area contributed by atoms with Crippen molar-refractivity contribution in [1.82, 2.24) is 4.90 Å². The molecule has 0 aromatic carbocycles. The summed E-state index contributed by atoms with van der Waals surface area (Å²) in [6.45, 7) is 1.94. The predicted octanol–water partition coefficient (Wildman–Crippen LogP) is 2.74. The van der Waals surface area contributed by atoms with Crippen LogP contribution in [0.4, 0.5) is 0 Å². The monoisotopic (exact) mass is 303 g/mol. The zero-order valence-electron chi connectivity index (χ0n) is 12.2. The number of nitrogens with zero attached hydrogens (tertiary/aromatic N) is 1. The summed E-state index contributed by atoms with van der Waals surface area (Å²) in [5.41, 5.74) is 0.773. The third-order valence-electron chi connectivity index (χ3n) is 3.93. The van der Waals surface area contributed by atoms with E-state index in [0.717, 1.165) is 35.4 Å². The molecule has 2 fully saturated rings. The second-order valence-electron chi connectivity index (χ2n) is 6.07. The van der Waals surface area contributed by atoms with Crippen molar-refractivity contribution >= 4 is 17.2 Å². The molecule has 0 radical (unpaired) electrons. The van der Waals surface area contributed by atoms with Gasteiger partial charge in [0.05, 0.1) is 17.0 Å². The van der Waals surface area contributed by atoms with Gasteiger partial charge in [-0.3, -0.25) is 4.79 Å². The smallest absolute Gasteiger partial charge is 0.254 e. The lowest BCUT2D eigenvalue weighted by molar-refractivity contribution is 0.0740. The Bertz CT molecular complexity index is 547. The predicted molar refractivity (Wildman–Crippen MR) is 84.3 cm³/mol. The number of amides is 1. The molecule has 3 rings (SSSR count). The first kappa shape index (κ1) is 14.6. The fourth-order valence-corrected chi connectivity index (χ4v) is 3.12. The molecular formula is C17H21NO2S. The molecule has 2 aliphatic carbocycles. The van der Waals surface area contributed by atoms with Crippen molar-refractivity contribution in [2.75, 3.05) is 19.7 Å². The number of rotatable bonds is 6. The molecule has 112 valence electrons. The highest BCUT2D eigenvalue weighted by atomic mass is 32.1. The minimum Gasteiger partial charge on any atom is -0.395 e. The Morgan fingerprint density at radius 2 is 1.95 bits per heavy atom. The minimum atomic E-state index is 0.0840. The quantitative estimate of drug-likeness (QED) is 0.821. The van der Waals surface area contributed by atoms with Gasteiger partial charge in [-0.25, -0.2) is 0 Å². The van der Waals surface area contributed by atoms with E-state index in [1.807, 2.05) is 11.4 Å². The molecule has 0 saturated heterocycles. The van der Waals surface area contributed by atoms with Gasteiger partial charge in [0, 0.05) is 24.9 Å². The second kappa shape index (κ2) is 6.64. The van der Waals surface area contributed by atoms with Gasteiger partial charge in [0.15, 0.2) is 0 Å². The maximum Gasteiger partial charge on any atom is 0.254 e. The molecule has 2 aliphatic rings. The molecule has 21 heavy (non-hydrogen) atoms. The first-order valence-corrected chi connectivity index (χ1v) is 8.61. The molecular weight excluding hydrogens is 282 g/mol. The van der Waals surface area contributed by atoms with Crippen LogP contribution in [0.5, 0.6) is 0 Å². The Kier molecular flexibility index (Phi) is 4.62. The fourth-order valence-electron chi connectivity index (χ4n) is 2.37. The van der Waals surface area contributed by atoms with Crippen molar-refractivity contribution in [3.8, 4) is 11.8 Å². The Morgan fingerprint density at radius 1 is 1.29 bits per heavy atom. The van der Waals surface area contributed by atoms with Crippen molar-refractivity contribution in [1.29, 1.82) is 0 Å². The van der Waals surface area contributed by atoms with Crippen molar-refractivity contribution in [3.63, 3.8) is 0 Å². The Balaban J connectivity index is 1.65. The third kappa shape index (κ3) is 4.33. The maximum absolute atomic E-state index is 12.7. The van der Waals surface area contributed by atoms with Gasteiger partial charge in [-0.1, -0.05) is 11.8 Å². The first-order valence-electron chi connectivity index (χ1n) is 7.74. The molecule has 0 unspecified atom stereocenters. The third-order valence-corrected chi connectivity index (χ3v) is 4.78. The molecule has 0 spiro atoms. The van der Waals surface area contributed by atoms with Crippen LogP contribution in [0.15, 0.2) is 11.4 Å². The zero-order valence-corrected chi connectivity index (χ0v) is 13.0. The average Bonchev–Trinajstić information content (AvgIpc) is 3.40. The van der Waals surface area contributed by atoms with Crippen LogP contribution in [-0.2, 0) is 0 Å². The highest BCUT2D eigenvalue weighted by Gasteiger charge is 2.32. The normalized spacial score (nSPS) is 17.2. The average molecular weight is 303 g/mol.